The van der Waals surface area contributed by atoms with Crippen LogP contribution in [0.4, 0.5) is 0 Å². The number of likely N-dealkylation sites (N-methyl/N-ethyl adjacent to an activating group) is 1. The summed E-state index contributed by atoms with van der Waals surface area (Å²) in [5.41, 5.74) is 2.62. The van der Waals surface area contributed by atoms with Gasteiger partial charge in [0.25, 0.3) is 0 Å². The Hall–Kier alpha value is -1.06. The molecule has 0 bridgehead atoms. The Morgan fingerprint density at radius 2 is 2.28 bits per heavy atom. The van der Waals surface area contributed by atoms with E-state index >= 15 is 0 Å². The van der Waals surface area contributed by atoms with Crippen LogP contribution in [0.5, 0.6) is 5.75 Å². The van der Waals surface area contributed by atoms with E-state index in [4.69, 9.17) is 4.74 Å². The van der Waals surface area contributed by atoms with Gasteiger partial charge < -0.3 is 15.0 Å². The highest BCUT2D eigenvalue weighted by Crippen LogP contribution is 2.20. The molecule has 1 unspecified atom stereocenters. The average molecular weight is 248 g/mol. The van der Waals surface area contributed by atoms with Gasteiger partial charge in [-0.15, -0.1) is 0 Å². The van der Waals surface area contributed by atoms with Crippen molar-refractivity contribution < 1.29 is 4.74 Å². The minimum atomic E-state index is 0.695. The van der Waals surface area contributed by atoms with E-state index in [1.807, 2.05) is 0 Å². The first kappa shape index (κ1) is 13.4. The zero-order valence-corrected chi connectivity index (χ0v) is 11.7. The summed E-state index contributed by atoms with van der Waals surface area (Å²) in [4.78, 5) is 2.46. The zero-order chi connectivity index (χ0) is 13.0. The van der Waals surface area contributed by atoms with Crippen LogP contribution in [0.3, 0.4) is 0 Å². The third kappa shape index (κ3) is 3.24. The van der Waals surface area contributed by atoms with Crippen molar-refractivity contribution in [2.45, 2.75) is 25.8 Å². The molecule has 0 saturated carbocycles. The van der Waals surface area contributed by atoms with Crippen molar-refractivity contribution >= 4 is 0 Å². The SMILES string of the molecule is COc1ccc(C)cc1CCN(C)C1CCNC1. The highest BCUT2D eigenvalue weighted by Gasteiger charge is 2.18. The maximum absolute atomic E-state index is 5.43. The Morgan fingerprint density at radius 3 is 2.94 bits per heavy atom. The summed E-state index contributed by atoms with van der Waals surface area (Å²) < 4.78 is 5.43. The van der Waals surface area contributed by atoms with E-state index in [1.165, 1.54) is 17.5 Å². The van der Waals surface area contributed by atoms with Gasteiger partial charge in [-0.1, -0.05) is 17.7 Å². The number of nitrogens with one attached hydrogen (secondary N) is 1. The van der Waals surface area contributed by atoms with Crippen LogP contribution in [0, 0.1) is 6.92 Å². The molecule has 1 aromatic rings. The second kappa shape index (κ2) is 6.21. The van der Waals surface area contributed by atoms with Gasteiger partial charge in [-0.25, -0.2) is 0 Å². The number of hydrogen-bond donors (Lipinski definition) is 1. The monoisotopic (exact) mass is 248 g/mol. The third-order valence-corrected chi connectivity index (χ3v) is 3.83. The predicted octanol–water partition coefficient (Wildman–Crippen LogP) is 1.84. The van der Waals surface area contributed by atoms with E-state index in [0.717, 1.165) is 31.8 Å². The molecule has 1 saturated heterocycles. The van der Waals surface area contributed by atoms with E-state index in [0.29, 0.717) is 6.04 Å². The lowest BCUT2D eigenvalue weighted by atomic mass is 10.1. The van der Waals surface area contributed by atoms with Gasteiger partial charge in [0.15, 0.2) is 0 Å². The number of hydrogen-bond acceptors (Lipinski definition) is 3. The molecule has 1 atom stereocenters. The molecular weight excluding hydrogens is 224 g/mol. The number of aryl methyl sites for hydroxylation is 1. The molecule has 0 amide bonds. The molecule has 1 fully saturated rings. The normalized spacial score (nSPS) is 19.4. The molecular formula is C15H24N2O. The molecule has 100 valence electrons. The molecule has 0 radical (unpaired) electrons. The number of methoxy groups -OCH3 is 1. The van der Waals surface area contributed by atoms with Crippen LogP contribution in [0.25, 0.3) is 0 Å². The van der Waals surface area contributed by atoms with Crippen LogP contribution in [0.1, 0.15) is 17.5 Å². The fourth-order valence-corrected chi connectivity index (χ4v) is 2.60. The Balaban J connectivity index is 1.94. The van der Waals surface area contributed by atoms with Gasteiger partial charge in [0.2, 0.25) is 0 Å². The summed E-state index contributed by atoms with van der Waals surface area (Å²) in [6.45, 7) is 5.50. The highest BCUT2D eigenvalue weighted by molar-refractivity contribution is 5.37. The lowest BCUT2D eigenvalue weighted by molar-refractivity contribution is 0.259. The largest absolute Gasteiger partial charge is 0.496 e. The molecule has 0 aromatic heterocycles. The fraction of sp³-hybridized carbons (Fsp3) is 0.600. The minimum absolute atomic E-state index is 0.695. The van der Waals surface area contributed by atoms with Crippen molar-refractivity contribution in [1.82, 2.24) is 10.2 Å². The van der Waals surface area contributed by atoms with Crippen LogP contribution in [-0.2, 0) is 6.42 Å². The summed E-state index contributed by atoms with van der Waals surface area (Å²) in [5, 5.41) is 3.42. The van der Waals surface area contributed by atoms with Gasteiger partial charge >= 0.3 is 0 Å². The summed E-state index contributed by atoms with van der Waals surface area (Å²) in [6, 6.07) is 7.11. The first-order valence-corrected chi connectivity index (χ1v) is 6.75. The maximum atomic E-state index is 5.43. The molecule has 3 nitrogen and oxygen atoms in total. The van der Waals surface area contributed by atoms with Crippen molar-refractivity contribution in [2.75, 3.05) is 33.8 Å². The van der Waals surface area contributed by atoms with Crippen molar-refractivity contribution in [3.8, 4) is 5.75 Å². The van der Waals surface area contributed by atoms with Gasteiger partial charge in [-0.2, -0.15) is 0 Å². The predicted molar refractivity (Wildman–Crippen MR) is 75.3 cm³/mol. The van der Waals surface area contributed by atoms with Crippen molar-refractivity contribution in [3.63, 3.8) is 0 Å². The van der Waals surface area contributed by atoms with Crippen LogP contribution in [-0.4, -0.2) is 44.7 Å². The van der Waals surface area contributed by atoms with E-state index in [1.54, 1.807) is 7.11 Å². The Labute approximate surface area is 110 Å². The average Bonchev–Trinajstić information content (AvgIpc) is 2.90. The van der Waals surface area contributed by atoms with Gasteiger partial charge in [0, 0.05) is 19.1 Å². The molecule has 1 aromatic carbocycles. The molecule has 1 N–H and O–H groups in total. The fourth-order valence-electron chi connectivity index (χ4n) is 2.60. The first-order valence-electron chi connectivity index (χ1n) is 6.75. The topological polar surface area (TPSA) is 24.5 Å². The molecule has 3 heteroatoms. The standard InChI is InChI=1S/C15H24N2O/c1-12-4-5-15(18-3)13(10-12)7-9-17(2)14-6-8-16-11-14/h4-5,10,14,16H,6-9,11H2,1-3H3. The quantitative estimate of drug-likeness (QED) is 0.860. The number of rotatable bonds is 5. The second-order valence-electron chi connectivity index (χ2n) is 5.19. The second-order valence-corrected chi connectivity index (χ2v) is 5.19. The summed E-state index contributed by atoms with van der Waals surface area (Å²) >= 11 is 0. The molecule has 0 spiro atoms. The zero-order valence-electron chi connectivity index (χ0n) is 11.7. The smallest absolute Gasteiger partial charge is 0.122 e. The van der Waals surface area contributed by atoms with Crippen molar-refractivity contribution in [3.05, 3.63) is 29.3 Å². The lowest BCUT2D eigenvalue weighted by Crippen LogP contribution is -2.34. The van der Waals surface area contributed by atoms with E-state index in [9.17, 15) is 0 Å². The molecule has 0 aliphatic carbocycles. The van der Waals surface area contributed by atoms with Crippen LogP contribution in [0.2, 0.25) is 0 Å². The molecule has 2 rings (SSSR count). The number of nitrogens with zero attached hydrogens (tertiary/aromatic N) is 1. The Kier molecular flexibility index (Phi) is 4.61. The molecule has 1 heterocycles. The van der Waals surface area contributed by atoms with Gasteiger partial charge in [0.1, 0.15) is 5.75 Å². The molecule has 18 heavy (non-hydrogen) atoms. The lowest BCUT2D eigenvalue weighted by Gasteiger charge is -2.23. The summed E-state index contributed by atoms with van der Waals surface area (Å²) in [5.74, 6) is 1.01. The number of ether oxygens (including phenoxy) is 1. The highest BCUT2D eigenvalue weighted by atomic mass is 16.5. The molecule has 1 aliphatic heterocycles. The minimum Gasteiger partial charge on any atom is -0.496 e. The molecule has 1 aliphatic rings. The summed E-state index contributed by atoms with van der Waals surface area (Å²) in [7, 11) is 3.97. The first-order chi connectivity index (χ1) is 8.70. The van der Waals surface area contributed by atoms with E-state index in [-0.39, 0.29) is 0 Å². The Bertz CT molecular complexity index is 386. The van der Waals surface area contributed by atoms with E-state index < -0.39 is 0 Å². The number of benzene rings is 1. The van der Waals surface area contributed by atoms with Crippen LogP contribution < -0.4 is 10.1 Å². The van der Waals surface area contributed by atoms with E-state index in [2.05, 4.69) is 42.4 Å². The summed E-state index contributed by atoms with van der Waals surface area (Å²) in [6.07, 6.45) is 2.32. The van der Waals surface area contributed by atoms with Crippen molar-refractivity contribution in [1.29, 1.82) is 0 Å². The van der Waals surface area contributed by atoms with Gasteiger partial charge in [0.05, 0.1) is 7.11 Å². The van der Waals surface area contributed by atoms with Crippen LogP contribution in [0.15, 0.2) is 18.2 Å². The van der Waals surface area contributed by atoms with Crippen LogP contribution >= 0.6 is 0 Å². The van der Waals surface area contributed by atoms with Gasteiger partial charge in [-0.3, -0.25) is 0 Å². The van der Waals surface area contributed by atoms with Gasteiger partial charge in [-0.05, 0) is 45.0 Å². The maximum Gasteiger partial charge on any atom is 0.122 e. The third-order valence-electron chi connectivity index (χ3n) is 3.83. The van der Waals surface area contributed by atoms with Crippen molar-refractivity contribution in [2.24, 2.45) is 0 Å². The Morgan fingerprint density at radius 1 is 1.44 bits per heavy atom.